The van der Waals surface area contributed by atoms with E-state index < -0.39 is 0 Å². The fourth-order valence-corrected chi connectivity index (χ4v) is 4.02. The van der Waals surface area contributed by atoms with Crippen LogP contribution < -0.4 is 4.74 Å². The van der Waals surface area contributed by atoms with Gasteiger partial charge in [-0.2, -0.15) is 0 Å². The number of rotatable bonds is 9. The molecule has 0 unspecified atom stereocenters. The Balaban J connectivity index is 1.65. The number of methoxy groups -OCH3 is 1. The van der Waals surface area contributed by atoms with Crippen molar-refractivity contribution in [2.24, 2.45) is 0 Å². The summed E-state index contributed by atoms with van der Waals surface area (Å²) in [5.74, 6) is 0.209. The maximum absolute atomic E-state index is 13.6. The van der Waals surface area contributed by atoms with E-state index in [2.05, 4.69) is 4.98 Å². The number of ether oxygens (including phenoxy) is 1. The predicted octanol–water partition coefficient (Wildman–Crippen LogP) is 3.93. The minimum absolute atomic E-state index is 0.212. The summed E-state index contributed by atoms with van der Waals surface area (Å²) in [6.07, 6.45) is 4.28. The van der Waals surface area contributed by atoms with Crippen molar-refractivity contribution in [3.8, 4) is 5.75 Å². The van der Waals surface area contributed by atoms with Crippen LogP contribution in [0.25, 0.3) is 5.57 Å². The fraction of sp³-hybridized carbons (Fsp3) is 0.222. The molecule has 4 rings (SSSR count). The van der Waals surface area contributed by atoms with Crippen molar-refractivity contribution in [2.75, 3.05) is 20.2 Å². The van der Waals surface area contributed by atoms with E-state index in [9.17, 15) is 9.59 Å². The summed E-state index contributed by atoms with van der Waals surface area (Å²) < 4.78 is 5.22. The molecule has 0 fully saturated rings. The molecule has 1 aliphatic heterocycles. The molecule has 2 aromatic carbocycles. The van der Waals surface area contributed by atoms with Crippen LogP contribution in [0.4, 0.5) is 0 Å². The second-order valence-electron chi connectivity index (χ2n) is 7.82. The Hall–Kier alpha value is -3.93. The molecule has 1 aromatic heterocycles. The normalized spacial score (nSPS) is 13.6. The molecule has 3 aromatic rings. The molecule has 0 radical (unpaired) electrons. The Morgan fingerprint density at radius 2 is 1.58 bits per heavy atom. The SMILES string of the molecule is CCN(CCc1ccncc1)C1=C(c2ccccc2)C(=O)N(Cc2ccc(OC)cc2)C1=O. The van der Waals surface area contributed by atoms with Crippen LogP contribution in [0.2, 0.25) is 0 Å². The molecule has 0 atom stereocenters. The molecule has 0 N–H and O–H groups in total. The number of nitrogens with zero attached hydrogens (tertiary/aromatic N) is 3. The summed E-state index contributed by atoms with van der Waals surface area (Å²) in [5.41, 5.74) is 3.69. The molecule has 1 aliphatic rings. The van der Waals surface area contributed by atoms with E-state index in [1.807, 2.05) is 78.6 Å². The number of pyridine rings is 1. The standard InChI is InChI=1S/C27H27N3O3/c1-3-29(18-15-20-13-16-28-17-14-20)25-24(22-7-5-4-6-8-22)26(31)30(27(25)32)19-21-9-11-23(33-2)12-10-21/h4-14,16-17H,3,15,18-19H2,1-2H3. The summed E-state index contributed by atoms with van der Waals surface area (Å²) in [6.45, 7) is 3.46. The molecule has 0 bridgehead atoms. The third kappa shape index (κ3) is 4.80. The molecule has 33 heavy (non-hydrogen) atoms. The van der Waals surface area contributed by atoms with Gasteiger partial charge in [0.25, 0.3) is 11.8 Å². The van der Waals surface area contributed by atoms with E-state index in [1.54, 1.807) is 19.5 Å². The van der Waals surface area contributed by atoms with Gasteiger partial charge in [0.1, 0.15) is 11.4 Å². The highest BCUT2D eigenvalue weighted by Crippen LogP contribution is 2.32. The molecule has 0 saturated carbocycles. The van der Waals surface area contributed by atoms with E-state index in [0.29, 0.717) is 24.4 Å². The van der Waals surface area contributed by atoms with Crippen LogP contribution in [-0.4, -0.2) is 46.8 Å². The number of likely N-dealkylation sites (N-methyl/N-ethyl adjacent to an activating group) is 1. The summed E-state index contributed by atoms with van der Waals surface area (Å²) in [4.78, 5) is 34.6. The van der Waals surface area contributed by atoms with E-state index in [1.165, 1.54) is 4.90 Å². The quantitative estimate of drug-likeness (QED) is 0.471. The van der Waals surface area contributed by atoms with Gasteiger partial charge in [0.2, 0.25) is 0 Å². The van der Waals surface area contributed by atoms with Crippen LogP contribution >= 0.6 is 0 Å². The highest BCUT2D eigenvalue weighted by molar-refractivity contribution is 6.35. The zero-order valence-corrected chi connectivity index (χ0v) is 18.9. The van der Waals surface area contributed by atoms with Gasteiger partial charge in [-0.05, 0) is 54.3 Å². The van der Waals surface area contributed by atoms with Crippen molar-refractivity contribution in [3.63, 3.8) is 0 Å². The van der Waals surface area contributed by atoms with Crippen molar-refractivity contribution in [1.82, 2.24) is 14.8 Å². The Bertz CT molecular complexity index is 1140. The number of hydrogen-bond donors (Lipinski definition) is 0. The van der Waals surface area contributed by atoms with Crippen molar-refractivity contribution in [2.45, 2.75) is 19.9 Å². The van der Waals surface area contributed by atoms with Gasteiger partial charge < -0.3 is 9.64 Å². The van der Waals surface area contributed by atoms with Crippen LogP contribution in [0.3, 0.4) is 0 Å². The average molecular weight is 442 g/mol. The molecule has 2 heterocycles. The van der Waals surface area contributed by atoms with Gasteiger partial charge >= 0.3 is 0 Å². The first-order valence-corrected chi connectivity index (χ1v) is 11.0. The summed E-state index contributed by atoms with van der Waals surface area (Å²) >= 11 is 0. The fourth-order valence-electron chi connectivity index (χ4n) is 4.02. The third-order valence-electron chi connectivity index (χ3n) is 5.82. The van der Waals surface area contributed by atoms with Crippen molar-refractivity contribution >= 4 is 17.4 Å². The number of amides is 2. The maximum atomic E-state index is 13.6. The molecular formula is C27H27N3O3. The molecular weight excluding hydrogens is 414 g/mol. The molecule has 0 spiro atoms. The van der Waals surface area contributed by atoms with Crippen LogP contribution in [0, 0.1) is 0 Å². The highest BCUT2D eigenvalue weighted by atomic mass is 16.5. The van der Waals surface area contributed by atoms with E-state index in [4.69, 9.17) is 4.74 Å². The molecule has 0 aliphatic carbocycles. The van der Waals surface area contributed by atoms with Gasteiger partial charge in [0.15, 0.2) is 0 Å². The first kappa shape index (κ1) is 22.3. The number of hydrogen-bond acceptors (Lipinski definition) is 5. The number of carbonyl (C=O) groups excluding carboxylic acids is 2. The first-order valence-electron chi connectivity index (χ1n) is 11.0. The first-order chi connectivity index (χ1) is 16.1. The monoisotopic (exact) mass is 441 g/mol. The summed E-state index contributed by atoms with van der Waals surface area (Å²) in [6, 6.07) is 20.8. The molecule has 168 valence electrons. The van der Waals surface area contributed by atoms with Gasteiger partial charge in [-0.1, -0.05) is 42.5 Å². The minimum atomic E-state index is -0.264. The van der Waals surface area contributed by atoms with Crippen molar-refractivity contribution in [3.05, 3.63) is 102 Å². The van der Waals surface area contributed by atoms with E-state index in [0.717, 1.165) is 28.9 Å². The Labute approximate surface area is 194 Å². The Kier molecular flexibility index (Phi) is 6.83. The molecule has 6 heteroatoms. The van der Waals surface area contributed by atoms with Crippen molar-refractivity contribution in [1.29, 1.82) is 0 Å². The van der Waals surface area contributed by atoms with Gasteiger partial charge in [0, 0.05) is 25.5 Å². The zero-order valence-electron chi connectivity index (χ0n) is 18.9. The largest absolute Gasteiger partial charge is 0.497 e. The summed E-state index contributed by atoms with van der Waals surface area (Å²) in [7, 11) is 1.61. The lowest BCUT2D eigenvalue weighted by Crippen LogP contribution is -2.35. The van der Waals surface area contributed by atoms with Crippen LogP contribution in [0.1, 0.15) is 23.6 Å². The molecule has 0 saturated heterocycles. The van der Waals surface area contributed by atoms with Gasteiger partial charge in [0.05, 0.1) is 19.2 Å². The van der Waals surface area contributed by atoms with E-state index >= 15 is 0 Å². The predicted molar refractivity (Wildman–Crippen MR) is 127 cm³/mol. The Morgan fingerprint density at radius 3 is 2.21 bits per heavy atom. The highest BCUT2D eigenvalue weighted by Gasteiger charge is 2.41. The van der Waals surface area contributed by atoms with Crippen LogP contribution in [0.15, 0.2) is 84.8 Å². The summed E-state index contributed by atoms with van der Waals surface area (Å²) in [5, 5.41) is 0. The number of benzene rings is 2. The second-order valence-corrected chi connectivity index (χ2v) is 7.82. The molecule has 6 nitrogen and oxygen atoms in total. The maximum Gasteiger partial charge on any atom is 0.278 e. The van der Waals surface area contributed by atoms with E-state index in [-0.39, 0.29) is 18.4 Å². The lowest BCUT2D eigenvalue weighted by Gasteiger charge is -2.25. The zero-order chi connectivity index (χ0) is 23.2. The number of aromatic nitrogens is 1. The molecule has 2 amide bonds. The smallest absolute Gasteiger partial charge is 0.278 e. The number of imide groups is 1. The van der Waals surface area contributed by atoms with Gasteiger partial charge in [-0.3, -0.25) is 19.5 Å². The number of carbonyl (C=O) groups is 2. The second kappa shape index (κ2) is 10.1. The minimum Gasteiger partial charge on any atom is -0.497 e. The van der Waals surface area contributed by atoms with Crippen LogP contribution in [0.5, 0.6) is 5.75 Å². The lowest BCUT2D eigenvalue weighted by molar-refractivity contribution is -0.138. The lowest BCUT2D eigenvalue weighted by atomic mass is 10.0. The van der Waals surface area contributed by atoms with Crippen LogP contribution in [-0.2, 0) is 22.6 Å². The van der Waals surface area contributed by atoms with Gasteiger partial charge in [-0.25, -0.2) is 0 Å². The topological polar surface area (TPSA) is 62.7 Å². The average Bonchev–Trinajstić information content (AvgIpc) is 3.11. The third-order valence-corrected chi connectivity index (χ3v) is 5.82. The Morgan fingerprint density at radius 1 is 0.879 bits per heavy atom. The van der Waals surface area contributed by atoms with Crippen molar-refractivity contribution < 1.29 is 14.3 Å². The van der Waals surface area contributed by atoms with Gasteiger partial charge in [-0.15, -0.1) is 0 Å².